The molecule has 7 heavy (non-hydrogen) atoms. The van der Waals surface area contributed by atoms with Crippen LogP contribution >= 0.6 is 11.8 Å². The third-order valence-corrected chi connectivity index (χ3v) is 1.71. The van der Waals surface area contributed by atoms with Gasteiger partial charge in [-0.1, -0.05) is 0 Å². The molecule has 1 rings (SSSR count). The van der Waals surface area contributed by atoms with Crippen molar-refractivity contribution in [3.8, 4) is 0 Å². The van der Waals surface area contributed by atoms with E-state index in [0.29, 0.717) is 0 Å². The van der Waals surface area contributed by atoms with E-state index in [0.717, 1.165) is 0 Å². The van der Waals surface area contributed by atoms with Gasteiger partial charge in [-0.3, -0.25) is 0 Å². The number of allylic oxidation sites excluding steroid dienone is 1. The Morgan fingerprint density at radius 3 is 2.43 bits per heavy atom. The maximum atomic E-state index is 3.16. The highest BCUT2D eigenvalue weighted by atomic mass is 32.2. The number of thioether (sulfide) groups is 1. The van der Waals surface area contributed by atoms with Crippen LogP contribution in [0.5, 0.6) is 0 Å². The lowest BCUT2D eigenvalue weighted by Gasteiger charge is -1.98. The van der Waals surface area contributed by atoms with Crippen molar-refractivity contribution in [1.29, 1.82) is 0 Å². The zero-order valence-corrected chi connectivity index (χ0v) is 5.30. The molecule has 0 unspecified atom stereocenters. The Morgan fingerprint density at radius 1 is 1.57 bits per heavy atom. The summed E-state index contributed by atoms with van der Waals surface area (Å²) >= 11 is 1.75. The van der Waals surface area contributed by atoms with E-state index in [1.54, 1.807) is 11.8 Å². The highest BCUT2D eigenvalue weighted by Crippen LogP contribution is 2.24. The van der Waals surface area contributed by atoms with Crippen molar-refractivity contribution in [2.75, 3.05) is 0 Å². The summed E-state index contributed by atoms with van der Waals surface area (Å²) in [7, 11) is 0. The second-order valence-electron chi connectivity index (χ2n) is 1.60. The Bertz CT molecular complexity index is 98.3. The molecule has 1 nitrogen and oxygen atoms in total. The summed E-state index contributed by atoms with van der Waals surface area (Å²) in [5.41, 5.74) is 1.25. The Hall–Kier alpha value is -0.110. The fourth-order valence-electron chi connectivity index (χ4n) is 0.513. The highest BCUT2D eigenvalue weighted by Gasteiger charge is 2.06. The van der Waals surface area contributed by atoms with Crippen LogP contribution in [0.25, 0.3) is 0 Å². The molecule has 39 valence electrons. The number of rotatable bonds is 0. The van der Waals surface area contributed by atoms with Gasteiger partial charge >= 0.3 is 0 Å². The van der Waals surface area contributed by atoms with Crippen molar-refractivity contribution < 1.29 is 0 Å². The zero-order chi connectivity index (χ0) is 5.28. The van der Waals surface area contributed by atoms with Crippen molar-refractivity contribution in [1.82, 2.24) is 5.32 Å². The van der Waals surface area contributed by atoms with Gasteiger partial charge in [0, 0.05) is 5.70 Å². The van der Waals surface area contributed by atoms with Crippen LogP contribution in [-0.2, 0) is 0 Å². The van der Waals surface area contributed by atoms with Crippen LogP contribution < -0.4 is 5.32 Å². The van der Waals surface area contributed by atoms with Gasteiger partial charge in [-0.15, -0.1) is 11.8 Å². The average molecular weight is 114 g/mol. The fraction of sp³-hybridized carbons (Fsp3) is 0.400. The summed E-state index contributed by atoms with van der Waals surface area (Å²) in [6.07, 6.45) is 0. The molecular weight excluding hydrogens is 106 g/mol. The minimum Gasteiger partial charge on any atom is -0.371 e. The molecule has 0 saturated carbocycles. The molecule has 0 fully saturated rings. The van der Waals surface area contributed by atoms with E-state index < -0.39 is 0 Å². The normalized spacial score (nSPS) is 21.7. The molecule has 1 radical (unpaired) electrons. The van der Waals surface area contributed by atoms with Crippen LogP contribution in [0.1, 0.15) is 13.8 Å². The van der Waals surface area contributed by atoms with E-state index >= 15 is 0 Å². The summed E-state index contributed by atoms with van der Waals surface area (Å²) in [5, 5.41) is 6.54. The Kier molecular flexibility index (Phi) is 1.28. The van der Waals surface area contributed by atoms with Gasteiger partial charge < -0.3 is 5.32 Å². The van der Waals surface area contributed by atoms with E-state index in [1.165, 1.54) is 11.1 Å². The lowest BCUT2D eigenvalue weighted by molar-refractivity contribution is 0.951. The molecule has 0 aromatic rings. The monoisotopic (exact) mass is 114 g/mol. The summed E-state index contributed by atoms with van der Waals surface area (Å²) in [6.45, 7) is 4.13. The summed E-state index contributed by atoms with van der Waals surface area (Å²) in [5.74, 6) is 0. The lowest BCUT2D eigenvalue weighted by atomic mass is 10.5. The molecule has 1 heterocycles. The minimum atomic E-state index is 1.25. The fourth-order valence-corrected chi connectivity index (χ4v) is 1.15. The van der Waals surface area contributed by atoms with Crippen LogP contribution in [0.15, 0.2) is 11.1 Å². The summed E-state index contributed by atoms with van der Waals surface area (Å²) in [6, 6.07) is 0. The first kappa shape index (κ1) is 5.04. The Balaban J connectivity index is 2.42. The molecule has 0 aromatic carbocycles. The molecule has 1 aliphatic rings. The molecule has 0 aromatic heterocycles. The second-order valence-corrected chi connectivity index (χ2v) is 2.68. The van der Waals surface area contributed by atoms with E-state index in [-0.39, 0.29) is 0 Å². The van der Waals surface area contributed by atoms with Crippen molar-refractivity contribution in [2.45, 2.75) is 13.8 Å². The molecule has 0 amide bonds. The molecular formula is C5H8NS. The van der Waals surface area contributed by atoms with Crippen molar-refractivity contribution >= 4 is 11.8 Å². The maximum absolute atomic E-state index is 3.16. The standard InChI is InChI=1S/C5H8NS/c1-4-3-7-5(2)6-4/h3,6H,1-2H3. The van der Waals surface area contributed by atoms with E-state index in [1.807, 2.05) is 0 Å². The van der Waals surface area contributed by atoms with Crippen LogP contribution in [0, 0.1) is 5.37 Å². The van der Waals surface area contributed by atoms with Gasteiger partial charge in [-0.25, -0.2) is 0 Å². The van der Waals surface area contributed by atoms with E-state index in [2.05, 4.69) is 24.6 Å². The van der Waals surface area contributed by atoms with Crippen LogP contribution in [-0.4, -0.2) is 0 Å². The first-order valence-corrected chi connectivity index (χ1v) is 3.11. The van der Waals surface area contributed by atoms with Gasteiger partial charge in [-0.05, 0) is 19.3 Å². The Labute approximate surface area is 48.2 Å². The van der Waals surface area contributed by atoms with Crippen LogP contribution in [0.4, 0.5) is 0 Å². The summed E-state index contributed by atoms with van der Waals surface area (Å²) in [4.78, 5) is 0. The molecule has 0 bridgehead atoms. The van der Waals surface area contributed by atoms with Gasteiger partial charge in [0.15, 0.2) is 0 Å². The van der Waals surface area contributed by atoms with Gasteiger partial charge in [0.1, 0.15) is 5.37 Å². The highest BCUT2D eigenvalue weighted by molar-refractivity contribution is 8.05. The van der Waals surface area contributed by atoms with Crippen LogP contribution in [0.2, 0.25) is 0 Å². The van der Waals surface area contributed by atoms with Crippen LogP contribution in [0.3, 0.4) is 0 Å². The van der Waals surface area contributed by atoms with Gasteiger partial charge in [-0.2, -0.15) is 0 Å². The molecule has 0 spiro atoms. The molecule has 1 N–H and O–H groups in total. The first-order chi connectivity index (χ1) is 3.29. The lowest BCUT2D eigenvalue weighted by Crippen LogP contribution is -2.05. The molecule has 1 aliphatic heterocycles. The van der Waals surface area contributed by atoms with Gasteiger partial charge in [0.25, 0.3) is 0 Å². The molecule has 2 heteroatoms. The number of hydrogen-bond acceptors (Lipinski definition) is 2. The predicted molar refractivity (Wildman–Crippen MR) is 33.4 cm³/mol. The third-order valence-electron chi connectivity index (χ3n) is 0.786. The topological polar surface area (TPSA) is 12.0 Å². The summed E-state index contributed by atoms with van der Waals surface area (Å²) < 4.78 is 0. The van der Waals surface area contributed by atoms with E-state index in [9.17, 15) is 0 Å². The zero-order valence-electron chi connectivity index (χ0n) is 4.49. The molecule has 0 aliphatic carbocycles. The van der Waals surface area contributed by atoms with Crippen molar-refractivity contribution in [3.05, 3.63) is 16.5 Å². The quantitative estimate of drug-likeness (QED) is 0.514. The first-order valence-electron chi connectivity index (χ1n) is 2.23. The van der Waals surface area contributed by atoms with Gasteiger partial charge in [0.05, 0.1) is 0 Å². The predicted octanol–water partition coefficient (Wildman–Crippen LogP) is 1.69. The molecule has 0 atom stereocenters. The van der Waals surface area contributed by atoms with E-state index in [4.69, 9.17) is 0 Å². The largest absolute Gasteiger partial charge is 0.371 e. The third kappa shape index (κ3) is 1.13. The van der Waals surface area contributed by atoms with Crippen molar-refractivity contribution in [2.24, 2.45) is 0 Å². The number of nitrogens with one attached hydrogen (secondary N) is 1. The Morgan fingerprint density at radius 2 is 2.29 bits per heavy atom. The number of hydrogen-bond donors (Lipinski definition) is 1. The smallest absolute Gasteiger partial charge is 0.117 e. The molecule has 0 saturated heterocycles. The van der Waals surface area contributed by atoms with Gasteiger partial charge in [0.2, 0.25) is 0 Å². The minimum absolute atomic E-state index is 1.25. The van der Waals surface area contributed by atoms with Crippen molar-refractivity contribution in [3.63, 3.8) is 0 Å². The second kappa shape index (κ2) is 1.78. The average Bonchev–Trinajstić information content (AvgIpc) is 1.87. The SMILES string of the molecule is C[C]1NC(C)=CS1. The maximum Gasteiger partial charge on any atom is 0.117 e.